The minimum atomic E-state index is 0.571. The van der Waals surface area contributed by atoms with Crippen molar-refractivity contribution in [1.82, 2.24) is 19.5 Å². The predicted molar refractivity (Wildman–Crippen MR) is 244 cm³/mol. The predicted octanol–water partition coefficient (Wildman–Crippen LogP) is 2.83. The Morgan fingerprint density at radius 2 is 1.04 bits per heavy atom. The third-order valence-electron chi connectivity index (χ3n) is 11.7. The van der Waals surface area contributed by atoms with Crippen LogP contribution >= 0.6 is 0 Å². The molecular weight excluding hydrogens is 667 g/mol. The standard InChI is InChI=1S/C45H33B5N4O/c46-38-37(39(47)41(49)42(50)40(38)48)30-15-9-17-33-36(30)29-14-7-8-16-32(29)54(33)45-52-43(25-12-5-2-6-13-25)51-44(53-45)27-19-21-34-31(22-27)28-20-18-26(23-35(28)55-34)24-10-3-1-4-11-24/h1-23H,46-50H2. The molecule has 0 saturated heterocycles. The van der Waals surface area contributed by atoms with Crippen molar-refractivity contribution in [1.29, 1.82) is 0 Å². The minimum absolute atomic E-state index is 0.571. The van der Waals surface area contributed by atoms with E-state index < -0.39 is 0 Å². The second-order valence-corrected chi connectivity index (χ2v) is 14.6. The van der Waals surface area contributed by atoms with E-state index in [2.05, 4.69) is 147 Å². The summed E-state index contributed by atoms with van der Waals surface area (Å²) in [5, 5.41) is 4.42. The molecule has 10 rings (SSSR count). The van der Waals surface area contributed by atoms with E-state index in [9.17, 15) is 0 Å². The monoisotopic (exact) mass is 700 g/mol. The molecule has 0 saturated carbocycles. The van der Waals surface area contributed by atoms with Gasteiger partial charge in [0.1, 0.15) is 50.4 Å². The highest BCUT2D eigenvalue weighted by atomic mass is 16.3. The molecule has 55 heavy (non-hydrogen) atoms. The van der Waals surface area contributed by atoms with Crippen LogP contribution in [-0.2, 0) is 0 Å². The molecule has 0 amide bonds. The van der Waals surface area contributed by atoms with E-state index in [1.165, 1.54) is 43.8 Å². The average Bonchev–Trinajstić information content (AvgIpc) is 3.78. The number of rotatable bonds is 5. The molecule has 7 aromatic carbocycles. The zero-order valence-electron chi connectivity index (χ0n) is 31.5. The first kappa shape index (κ1) is 33.1. The Kier molecular flexibility index (Phi) is 7.70. The number of benzene rings is 7. The summed E-state index contributed by atoms with van der Waals surface area (Å²) in [6.07, 6.45) is 0. The van der Waals surface area contributed by atoms with Crippen LogP contribution in [0.15, 0.2) is 144 Å². The van der Waals surface area contributed by atoms with Gasteiger partial charge in [-0.3, -0.25) is 4.57 Å². The van der Waals surface area contributed by atoms with Gasteiger partial charge < -0.3 is 4.42 Å². The van der Waals surface area contributed by atoms with Gasteiger partial charge in [0.15, 0.2) is 11.6 Å². The average molecular weight is 700 g/mol. The van der Waals surface area contributed by atoms with Crippen LogP contribution in [0.4, 0.5) is 0 Å². The zero-order valence-corrected chi connectivity index (χ0v) is 31.5. The minimum Gasteiger partial charge on any atom is -0.456 e. The molecule has 0 radical (unpaired) electrons. The SMILES string of the molecule is Bc1c(B)c(B)c(-c2cccc3c2c2ccccc2n3-c2nc(-c3ccccc3)nc(-c3ccc4oc5cc(-c6ccccc6)ccc5c4c3)n2)c(B)c1B. The zero-order chi connectivity index (χ0) is 37.4. The molecule has 0 aliphatic rings. The number of fused-ring (bicyclic) bond motifs is 6. The molecule has 0 fully saturated rings. The van der Waals surface area contributed by atoms with Crippen molar-refractivity contribution >= 4 is 110 Å². The second-order valence-electron chi connectivity index (χ2n) is 14.6. The van der Waals surface area contributed by atoms with Crippen LogP contribution in [0.5, 0.6) is 0 Å². The summed E-state index contributed by atoms with van der Waals surface area (Å²) in [5.41, 5.74) is 17.0. The number of aromatic nitrogens is 4. The van der Waals surface area contributed by atoms with Gasteiger partial charge in [-0.15, -0.1) is 16.4 Å². The highest BCUT2D eigenvalue weighted by Crippen LogP contribution is 2.38. The maximum atomic E-state index is 6.41. The fourth-order valence-electron chi connectivity index (χ4n) is 8.38. The van der Waals surface area contributed by atoms with Crippen LogP contribution in [0.3, 0.4) is 0 Å². The molecule has 10 heteroatoms. The van der Waals surface area contributed by atoms with Gasteiger partial charge in [0.25, 0.3) is 0 Å². The van der Waals surface area contributed by atoms with E-state index in [1.54, 1.807) is 0 Å². The molecule has 3 aromatic heterocycles. The fraction of sp³-hybridized carbons (Fsp3) is 0. The van der Waals surface area contributed by atoms with Gasteiger partial charge in [-0.2, -0.15) is 9.97 Å². The van der Waals surface area contributed by atoms with Crippen LogP contribution in [-0.4, -0.2) is 58.8 Å². The normalized spacial score (nSPS) is 11.6. The van der Waals surface area contributed by atoms with Crippen molar-refractivity contribution in [3.05, 3.63) is 140 Å². The summed E-state index contributed by atoms with van der Waals surface area (Å²) in [4.78, 5) is 15.6. The maximum absolute atomic E-state index is 6.41. The van der Waals surface area contributed by atoms with Crippen LogP contribution < -0.4 is 27.3 Å². The molecule has 0 N–H and O–H groups in total. The van der Waals surface area contributed by atoms with Gasteiger partial charge in [0, 0.05) is 32.7 Å². The molecule has 0 bridgehead atoms. The maximum Gasteiger partial charge on any atom is 0.238 e. The van der Waals surface area contributed by atoms with Gasteiger partial charge in [-0.1, -0.05) is 108 Å². The third-order valence-corrected chi connectivity index (χ3v) is 11.7. The molecule has 10 aromatic rings. The number of nitrogens with zero attached hydrogens (tertiary/aromatic N) is 4. The molecule has 5 nitrogen and oxygen atoms in total. The summed E-state index contributed by atoms with van der Waals surface area (Å²) < 4.78 is 8.62. The Balaban J connectivity index is 1.21. The molecule has 0 atom stereocenters. The molecule has 0 spiro atoms. The molecular formula is C45H33B5N4O. The Labute approximate surface area is 323 Å². The van der Waals surface area contributed by atoms with E-state index in [0.717, 1.165) is 60.6 Å². The molecule has 254 valence electrons. The van der Waals surface area contributed by atoms with Crippen molar-refractivity contribution in [2.24, 2.45) is 0 Å². The fourth-order valence-corrected chi connectivity index (χ4v) is 8.38. The van der Waals surface area contributed by atoms with E-state index in [-0.39, 0.29) is 0 Å². The number of furan rings is 1. The lowest BCUT2D eigenvalue weighted by Gasteiger charge is -2.21. The van der Waals surface area contributed by atoms with Crippen molar-refractivity contribution < 1.29 is 4.42 Å². The summed E-state index contributed by atoms with van der Waals surface area (Å²) >= 11 is 0. The van der Waals surface area contributed by atoms with E-state index in [1.807, 2.05) is 36.4 Å². The van der Waals surface area contributed by atoms with Gasteiger partial charge in [-0.25, -0.2) is 4.98 Å². The lowest BCUT2D eigenvalue weighted by Crippen LogP contribution is -2.55. The van der Waals surface area contributed by atoms with Crippen molar-refractivity contribution in [3.63, 3.8) is 0 Å². The highest BCUT2D eigenvalue weighted by molar-refractivity contribution is 6.69. The largest absolute Gasteiger partial charge is 0.456 e. The van der Waals surface area contributed by atoms with E-state index >= 15 is 0 Å². The lowest BCUT2D eigenvalue weighted by atomic mass is 9.59. The van der Waals surface area contributed by atoms with Gasteiger partial charge in [-0.05, 0) is 64.7 Å². The molecule has 0 aliphatic heterocycles. The number of para-hydroxylation sites is 1. The quantitative estimate of drug-likeness (QED) is 0.260. The summed E-state index contributed by atoms with van der Waals surface area (Å²) in [5.74, 6) is 1.78. The highest BCUT2D eigenvalue weighted by Gasteiger charge is 2.22. The molecule has 3 heterocycles. The topological polar surface area (TPSA) is 56.7 Å². The Hall–Kier alpha value is -6.53. The Morgan fingerprint density at radius 1 is 0.418 bits per heavy atom. The van der Waals surface area contributed by atoms with Crippen LogP contribution in [0.2, 0.25) is 0 Å². The number of hydrogen-bond donors (Lipinski definition) is 0. The van der Waals surface area contributed by atoms with E-state index in [0.29, 0.717) is 17.6 Å². The molecule has 0 aliphatic carbocycles. The summed E-state index contributed by atoms with van der Waals surface area (Å²) in [6.45, 7) is 0. The van der Waals surface area contributed by atoms with Crippen LogP contribution in [0.1, 0.15) is 0 Å². The first-order chi connectivity index (χ1) is 26.9. The Bertz CT molecular complexity index is 3130. The van der Waals surface area contributed by atoms with E-state index in [4.69, 9.17) is 19.4 Å². The van der Waals surface area contributed by atoms with Crippen LogP contribution in [0, 0.1) is 0 Å². The smallest absolute Gasteiger partial charge is 0.238 e. The molecule has 0 unspecified atom stereocenters. The van der Waals surface area contributed by atoms with Gasteiger partial charge >= 0.3 is 0 Å². The first-order valence-corrected chi connectivity index (χ1v) is 18.8. The van der Waals surface area contributed by atoms with Crippen molar-refractivity contribution in [2.45, 2.75) is 0 Å². The van der Waals surface area contributed by atoms with Crippen LogP contribution in [0.25, 0.3) is 94.7 Å². The van der Waals surface area contributed by atoms with Crippen molar-refractivity contribution in [3.8, 4) is 51.0 Å². The van der Waals surface area contributed by atoms with Crippen molar-refractivity contribution in [2.75, 3.05) is 0 Å². The lowest BCUT2D eigenvalue weighted by molar-refractivity contribution is 0.669. The summed E-state index contributed by atoms with van der Waals surface area (Å²) in [7, 11) is 11.2. The Morgan fingerprint density at radius 3 is 1.78 bits per heavy atom. The number of hydrogen-bond acceptors (Lipinski definition) is 4. The third kappa shape index (κ3) is 5.27. The van der Waals surface area contributed by atoms with Gasteiger partial charge in [0.05, 0.1) is 11.0 Å². The summed E-state index contributed by atoms with van der Waals surface area (Å²) in [6, 6.07) is 48.4. The second kappa shape index (κ2) is 12.8. The first-order valence-electron chi connectivity index (χ1n) is 18.8. The van der Waals surface area contributed by atoms with Gasteiger partial charge in [0.2, 0.25) is 5.95 Å².